The Bertz CT molecular complexity index is 527. The number of hydrogen-bond donors (Lipinski definition) is 0. The molecule has 0 aliphatic heterocycles. The van der Waals surface area contributed by atoms with Gasteiger partial charge >= 0.3 is 0 Å². The van der Waals surface area contributed by atoms with Crippen molar-refractivity contribution in [2.24, 2.45) is 7.05 Å². The Morgan fingerprint density at radius 1 is 1.44 bits per heavy atom. The number of aromatic nitrogens is 3. The Balaban J connectivity index is 2.50. The third-order valence-corrected chi connectivity index (χ3v) is 3.11. The van der Waals surface area contributed by atoms with Crippen molar-refractivity contribution in [1.82, 2.24) is 14.8 Å². The summed E-state index contributed by atoms with van der Waals surface area (Å²) in [5.41, 5.74) is 0.791. The second-order valence-corrected chi connectivity index (χ2v) is 4.38. The molecule has 3 nitrogen and oxygen atoms in total. The molecule has 84 valence electrons. The molecule has 0 fully saturated rings. The lowest BCUT2D eigenvalue weighted by Gasteiger charge is -2.03. The van der Waals surface area contributed by atoms with Crippen LogP contribution in [-0.2, 0) is 12.9 Å². The van der Waals surface area contributed by atoms with Crippen molar-refractivity contribution in [3.63, 3.8) is 0 Å². The molecule has 2 aromatic rings. The van der Waals surface area contributed by atoms with E-state index in [4.69, 9.17) is 11.6 Å². The molecule has 0 aliphatic rings. The first-order valence-electron chi connectivity index (χ1n) is 4.53. The summed E-state index contributed by atoms with van der Waals surface area (Å²) in [5.74, 6) is 1.34. The molecule has 1 aromatic carbocycles. The lowest BCUT2D eigenvalue weighted by atomic mass is 10.2. The summed E-state index contributed by atoms with van der Waals surface area (Å²) >= 11 is 8.83. The van der Waals surface area contributed by atoms with Crippen LogP contribution in [0.2, 0.25) is 0 Å². The molecule has 0 N–H and O–H groups in total. The van der Waals surface area contributed by atoms with Crippen LogP contribution in [0.3, 0.4) is 0 Å². The van der Waals surface area contributed by atoms with Crippen LogP contribution in [0.1, 0.15) is 5.82 Å². The van der Waals surface area contributed by atoms with Gasteiger partial charge in [0.1, 0.15) is 11.6 Å². The highest BCUT2D eigenvalue weighted by atomic mass is 79.9. The van der Waals surface area contributed by atoms with E-state index in [1.807, 2.05) is 7.05 Å². The smallest absolute Gasteiger partial charge is 0.163 e. The molecular weight excluding hydrogens is 296 g/mol. The maximum Gasteiger partial charge on any atom is 0.163 e. The first-order chi connectivity index (χ1) is 7.63. The minimum Gasteiger partial charge on any atom is -0.313 e. The van der Waals surface area contributed by atoms with Gasteiger partial charge in [0.2, 0.25) is 0 Å². The van der Waals surface area contributed by atoms with Crippen molar-refractivity contribution >= 4 is 27.5 Å². The fourth-order valence-electron chi connectivity index (χ4n) is 1.36. The quantitative estimate of drug-likeness (QED) is 0.798. The molecule has 0 unspecified atom stereocenters. The van der Waals surface area contributed by atoms with E-state index in [0.717, 1.165) is 5.56 Å². The molecule has 0 radical (unpaired) electrons. The molecule has 0 saturated heterocycles. The van der Waals surface area contributed by atoms with E-state index >= 15 is 0 Å². The third kappa shape index (κ3) is 1.97. The van der Waals surface area contributed by atoms with E-state index in [1.54, 1.807) is 16.7 Å². The molecule has 6 heteroatoms. The van der Waals surface area contributed by atoms with E-state index in [0.29, 0.717) is 22.0 Å². The van der Waals surface area contributed by atoms with Crippen molar-refractivity contribution in [3.05, 3.63) is 34.3 Å². The molecule has 0 spiro atoms. The fourth-order valence-corrected chi connectivity index (χ4v) is 1.98. The van der Waals surface area contributed by atoms with Crippen molar-refractivity contribution in [2.75, 3.05) is 0 Å². The number of rotatable bonds is 2. The highest BCUT2D eigenvalue weighted by molar-refractivity contribution is 9.10. The minimum absolute atomic E-state index is 0.297. The van der Waals surface area contributed by atoms with Crippen LogP contribution in [-0.4, -0.2) is 14.8 Å². The van der Waals surface area contributed by atoms with Crippen molar-refractivity contribution in [2.45, 2.75) is 5.88 Å². The van der Waals surface area contributed by atoms with Gasteiger partial charge in [0.25, 0.3) is 0 Å². The predicted octanol–water partition coefficient (Wildman–Crippen LogP) is 3.12. The van der Waals surface area contributed by atoms with E-state index in [1.165, 1.54) is 6.07 Å². The molecule has 0 amide bonds. The van der Waals surface area contributed by atoms with E-state index < -0.39 is 0 Å². The first-order valence-corrected chi connectivity index (χ1v) is 5.86. The van der Waals surface area contributed by atoms with Gasteiger partial charge in [-0.1, -0.05) is 0 Å². The Hall–Kier alpha value is -0.940. The summed E-state index contributed by atoms with van der Waals surface area (Å²) in [4.78, 5) is 0. The molecule has 2 rings (SSSR count). The van der Waals surface area contributed by atoms with Gasteiger partial charge in [0.15, 0.2) is 5.82 Å². The van der Waals surface area contributed by atoms with Gasteiger partial charge in [-0.25, -0.2) is 4.39 Å². The van der Waals surface area contributed by atoms with Gasteiger partial charge in [-0.3, -0.25) is 0 Å². The molecule has 1 heterocycles. The zero-order valence-electron chi connectivity index (χ0n) is 8.41. The molecule has 0 atom stereocenters. The summed E-state index contributed by atoms with van der Waals surface area (Å²) in [7, 11) is 1.82. The Kier molecular flexibility index (Phi) is 3.25. The van der Waals surface area contributed by atoms with Gasteiger partial charge in [0.05, 0.1) is 10.4 Å². The molecule has 1 aromatic heterocycles. The Labute approximate surface area is 105 Å². The predicted molar refractivity (Wildman–Crippen MR) is 63.7 cm³/mol. The van der Waals surface area contributed by atoms with Gasteiger partial charge in [-0.2, -0.15) is 0 Å². The summed E-state index contributed by atoms with van der Waals surface area (Å²) in [5, 5.41) is 7.95. The highest BCUT2D eigenvalue weighted by Crippen LogP contribution is 2.24. The number of benzene rings is 1. The van der Waals surface area contributed by atoms with E-state index in [2.05, 4.69) is 26.1 Å². The zero-order chi connectivity index (χ0) is 11.7. The summed E-state index contributed by atoms with van der Waals surface area (Å²) < 4.78 is 15.3. The molecular formula is C10H8BrClFN3. The lowest BCUT2D eigenvalue weighted by molar-refractivity contribution is 0.621. The number of alkyl halides is 1. The SMILES string of the molecule is Cn1c(CCl)nnc1-c1ccc(F)c(Br)c1. The second kappa shape index (κ2) is 4.51. The lowest BCUT2D eigenvalue weighted by Crippen LogP contribution is -1.97. The largest absolute Gasteiger partial charge is 0.313 e. The average Bonchev–Trinajstić information content (AvgIpc) is 2.64. The standard InChI is InChI=1S/C10H8BrClFN3/c1-16-9(5-12)14-15-10(16)6-2-3-8(13)7(11)4-6/h2-4H,5H2,1H3. The summed E-state index contributed by atoms with van der Waals surface area (Å²) in [6, 6.07) is 4.70. The van der Waals surface area contributed by atoms with Crippen LogP contribution in [0.15, 0.2) is 22.7 Å². The van der Waals surface area contributed by atoms with E-state index in [9.17, 15) is 4.39 Å². The second-order valence-electron chi connectivity index (χ2n) is 3.26. The number of hydrogen-bond acceptors (Lipinski definition) is 2. The van der Waals surface area contributed by atoms with Crippen LogP contribution in [0.25, 0.3) is 11.4 Å². The van der Waals surface area contributed by atoms with Crippen molar-refractivity contribution in [1.29, 1.82) is 0 Å². The Morgan fingerprint density at radius 3 is 2.75 bits per heavy atom. The topological polar surface area (TPSA) is 30.7 Å². The van der Waals surface area contributed by atoms with Crippen LogP contribution in [0, 0.1) is 5.82 Å². The molecule has 0 aliphatic carbocycles. The van der Waals surface area contributed by atoms with Gasteiger partial charge in [-0.15, -0.1) is 21.8 Å². The molecule has 0 bridgehead atoms. The maximum atomic E-state index is 13.1. The van der Waals surface area contributed by atoms with E-state index in [-0.39, 0.29) is 5.82 Å². The zero-order valence-corrected chi connectivity index (χ0v) is 10.8. The normalized spacial score (nSPS) is 10.8. The first kappa shape index (κ1) is 11.5. The summed E-state index contributed by atoms with van der Waals surface area (Å²) in [6.45, 7) is 0. The minimum atomic E-state index is -0.302. The van der Waals surface area contributed by atoms with Gasteiger partial charge in [0, 0.05) is 12.6 Å². The fraction of sp³-hybridized carbons (Fsp3) is 0.200. The van der Waals surface area contributed by atoms with Crippen molar-refractivity contribution in [3.8, 4) is 11.4 Å². The number of nitrogens with zero attached hydrogens (tertiary/aromatic N) is 3. The van der Waals surface area contributed by atoms with Gasteiger partial charge in [-0.05, 0) is 34.1 Å². The van der Waals surface area contributed by atoms with Crippen LogP contribution in [0.5, 0.6) is 0 Å². The molecule has 16 heavy (non-hydrogen) atoms. The highest BCUT2D eigenvalue weighted by Gasteiger charge is 2.11. The molecule has 0 saturated carbocycles. The average molecular weight is 305 g/mol. The maximum absolute atomic E-state index is 13.1. The third-order valence-electron chi connectivity index (χ3n) is 2.26. The van der Waals surface area contributed by atoms with Crippen LogP contribution < -0.4 is 0 Å². The number of halogens is 3. The monoisotopic (exact) mass is 303 g/mol. The van der Waals surface area contributed by atoms with Gasteiger partial charge < -0.3 is 4.57 Å². The van der Waals surface area contributed by atoms with Crippen molar-refractivity contribution < 1.29 is 4.39 Å². The van der Waals surface area contributed by atoms with Crippen LogP contribution in [0.4, 0.5) is 4.39 Å². The summed E-state index contributed by atoms with van der Waals surface area (Å²) in [6.07, 6.45) is 0. The Morgan fingerprint density at radius 2 is 2.19 bits per heavy atom. The van der Waals surface area contributed by atoms with Crippen LogP contribution >= 0.6 is 27.5 Å².